The first-order valence-corrected chi connectivity index (χ1v) is 11.4. The van der Waals surface area contributed by atoms with Crippen LogP contribution in [0.3, 0.4) is 0 Å². The zero-order valence-corrected chi connectivity index (χ0v) is 20.3. The highest BCUT2D eigenvalue weighted by molar-refractivity contribution is 5.95. The SMILES string of the molecule is CCOc1cc(C2NC(=O)NC(CC)=C2C(=O)OC(C)C)ccc1OCC(=O)N(CC)CC. The van der Waals surface area contributed by atoms with E-state index in [2.05, 4.69) is 10.6 Å². The molecule has 2 N–H and O–H groups in total. The number of nitrogens with one attached hydrogen (secondary N) is 2. The first-order chi connectivity index (χ1) is 15.7. The minimum Gasteiger partial charge on any atom is -0.490 e. The maximum absolute atomic E-state index is 12.9. The Morgan fingerprint density at radius 1 is 1.06 bits per heavy atom. The van der Waals surface area contributed by atoms with Crippen LogP contribution in [-0.4, -0.2) is 55.2 Å². The van der Waals surface area contributed by atoms with Gasteiger partial charge in [0.05, 0.1) is 24.3 Å². The van der Waals surface area contributed by atoms with Crippen molar-refractivity contribution >= 4 is 17.9 Å². The summed E-state index contributed by atoms with van der Waals surface area (Å²) in [6.45, 7) is 12.5. The van der Waals surface area contributed by atoms with Crippen LogP contribution in [0.5, 0.6) is 11.5 Å². The summed E-state index contributed by atoms with van der Waals surface area (Å²) in [5, 5.41) is 5.51. The Morgan fingerprint density at radius 2 is 1.76 bits per heavy atom. The summed E-state index contributed by atoms with van der Waals surface area (Å²) in [5.74, 6) is 0.214. The van der Waals surface area contributed by atoms with Crippen molar-refractivity contribution in [1.82, 2.24) is 15.5 Å². The monoisotopic (exact) mass is 461 g/mol. The summed E-state index contributed by atoms with van der Waals surface area (Å²) < 4.78 is 16.9. The molecule has 1 aromatic carbocycles. The third-order valence-electron chi connectivity index (χ3n) is 5.14. The lowest BCUT2D eigenvalue weighted by Crippen LogP contribution is -2.46. The highest BCUT2D eigenvalue weighted by Gasteiger charge is 2.34. The minimum atomic E-state index is -0.717. The topological polar surface area (TPSA) is 106 Å². The van der Waals surface area contributed by atoms with Crippen molar-refractivity contribution in [3.8, 4) is 11.5 Å². The molecular weight excluding hydrogens is 426 g/mol. The minimum absolute atomic E-state index is 0.114. The number of amides is 3. The number of rotatable bonds is 11. The fourth-order valence-corrected chi connectivity index (χ4v) is 3.56. The maximum Gasteiger partial charge on any atom is 0.338 e. The molecule has 1 aliphatic heterocycles. The second kappa shape index (κ2) is 12.1. The van der Waals surface area contributed by atoms with Gasteiger partial charge in [0.25, 0.3) is 5.91 Å². The molecular formula is C24H35N3O6. The molecule has 0 fully saturated rings. The van der Waals surface area contributed by atoms with Gasteiger partial charge in [-0.05, 0) is 58.7 Å². The Kier molecular flexibility index (Phi) is 9.57. The second-order valence-corrected chi connectivity index (χ2v) is 7.73. The molecule has 1 unspecified atom stereocenters. The fraction of sp³-hybridized carbons (Fsp3) is 0.542. The van der Waals surface area contributed by atoms with Crippen LogP contribution < -0.4 is 20.1 Å². The van der Waals surface area contributed by atoms with E-state index >= 15 is 0 Å². The number of carbonyl (C=O) groups excluding carboxylic acids is 3. The fourth-order valence-electron chi connectivity index (χ4n) is 3.56. The highest BCUT2D eigenvalue weighted by Crippen LogP contribution is 2.35. The van der Waals surface area contributed by atoms with Gasteiger partial charge in [-0.15, -0.1) is 0 Å². The Balaban J connectivity index is 2.39. The van der Waals surface area contributed by atoms with E-state index in [1.807, 2.05) is 27.7 Å². The normalized spacial score (nSPS) is 15.6. The number of nitrogens with zero attached hydrogens (tertiary/aromatic N) is 1. The number of benzene rings is 1. The van der Waals surface area contributed by atoms with E-state index in [0.717, 1.165) is 0 Å². The maximum atomic E-state index is 12.9. The molecule has 0 bridgehead atoms. The van der Waals surface area contributed by atoms with Crippen molar-refractivity contribution in [3.05, 3.63) is 35.0 Å². The van der Waals surface area contributed by atoms with Crippen LogP contribution in [-0.2, 0) is 14.3 Å². The molecule has 2 rings (SSSR count). The van der Waals surface area contributed by atoms with E-state index in [9.17, 15) is 14.4 Å². The predicted octanol–water partition coefficient (Wildman–Crippen LogP) is 3.30. The Labute approximate surface area is 195 Å². The second-order valence-electron chi connectivity index (χ2n) is 7.73. The number of hydrogen-bond acceptors (Lipinski definition) is 6. The standard InChI is InChI=1S/C24H35N3O6/c1-7-17-21(23(29)33-15(5)6)22(26-24(30)25-17)16-11-12-18(19(13-16)31-10-4)32-14-20(28)27(8-2)9-3/h11-13,15,22H,7-10,14H2,1-6H3,(H2,25,26,30). The van der Waals surface area contributed by atoms with Gasteiger partial charge in [0.1, 0.15) is 0 Å². The molecule has 1 heterocycles. The van der Waals surface area contributed by atoms with Gasteiger partial charge in [-0.3, -0.25) is 4.79 Å². The summed E-state index contributed by atoms with van der Waals surface area (Å²) in [4.78, 5) is 39.2. The summed E-state index contributed by atoms with van der Waals surface area (Å²) in [5.41, 5.74) is 1.49. The van der Waals surface area contributed by atoms with E-state index in [4.69, 9.17) is 14.2 Å². The molecule has 9 heteroatoms. The number of urea groups is 1. The largest absolute Gasteiger partial charge is 0.490 e. The van der Waals surface area contributed by atoms with Gasteiger partial charge in [-0.25, -0.2) is 9.59 Å². The molecule has 0 radical (unpaired) electrons. The van der Waals surface area contributed by atoms with Crippen molar-refractivity contribution in [2.45, 2.75) is 60.1 Å². The quantitative estimate of drug-likeness (QED) is 0.490. The summed E-state index contributed by atoms with van der Waals surface area (Å²) in [6.07, 6.45) is 0.152. The average molecular weight is 462 g/mol. The summed E-state index contributed by atoms with van der Waals surface area (Å²) in [6, 6.07) is 4.02. The van der Waals surface area contributed by atoms with Crippen LogP contribution in [0.4, 0.5) is 4.79 Å². The third kappa shape index (κ3) is 6.63. The molecule has 0 saturated heterocycles. The molecule has 1 aromatic rings. The van der Waals surface area contributed by atoms with Gasteiger partial charge in [0, 0.05) is 18.8 Å². The van der Waals surface area contributed by atoms with Crippen molar-refractivity contribution in [2.24, 2.45) is 0 Å². The highest BCUT2D eigenvalue weighted by atomic mass is 16.5. The average Bonchev–Trinajstić information content (AvgIpc) is 2.77. The molecule has 182 valence electrons. The van der Waals surface area contributed by atoms with Gasteiger partial charge in [0.2, 0.25) is 0 Å². The van der Waals surface area contributed by atoms with Gasteiger partial charge < -0.3 is 29.7 Å². The zero-order chi connectivity index (χ0) is 24.5. The van der Waals surface area contributed by atoms with E-state index in [0.29, 0.717) is 54.4 Å². The Hall–Kier alpha value is -3.23. The number of esters is 1. The molecule has 0 aliphatic carbocycles. The molecule has 0 spiro atoms. The molecule has 0 saturated carbocycles. The Bertz CT molecular complexity index is 892. The van der Waals surface area contributed by atoms with Crippen molar-refractivity contribution in [3.63, 3.8) is 0 Å². The number of likely N-dealkylation sites (N-methyl/N-ethyl adjacent to an activating group) is 1. The molecule has 3 amide bonds. The van der Waals surface area contributed by atoms with Crippen LogP contribution in [0, 0.1) is 0 Å². The lowest BCUT2D eigenvalue weighted by molar-refractivity contribution is -0.143. The number of ether oxygens (including phenoxy) is 3. The van der Waals surface area contributed by atoms with Crippen molar-refractivity contribution in [2.75, 3.05) is 26.3 Å². The zero-order valence-electron chi connectivity index (χ0n) is 20.3. The predicted molar refractivity (Wildman–Crippen MR) is 124 cm³/mol. The third-order valence-corrected chi connectivity index (χ3v) is 5.14. The first-order valence-electron chi connectivity index (χ1n) is 11.4. The van der Waals surface area contributed by atoms with Crippen molar-refractivity contribution in [1.29, 1.82) is 0 Å². The van der Waals surface area contributed by atoms with Crippen LogP contribution in [0.2, 0.25) is 0 Å². The molecule has 0 aromatic heterocycles. The van der Waals surface area contributed by atoms with Gasteiger partial charge in [0.15, 0.2) is 18.1 Å². The number of carbonyl (C=O) groups is 3. The van der Waals surface area contributed by atoms with E-state index < -0.39 is 18.0 Å². The van der Waals surface area contributed by atoms with E-state index in [1.165, 1.54) is 0 Å². The van der Waals surface area contributed by atoms with Gasteiger partial charge >= 0.3 is 12.0 Å². The van der Waals surface area contributed by atoms with Crippen LogP contribution >= 0.6 is 0 Å². The number of allylic oxidation sites excluding steroid dienone is 1. The molecule has 9 nitrogen and oxygen atoms in total. The van der Waals surface area contributed by atoms with Crippen LogP contribution in [0.1, 0.15) is 59.6 Å². The summed E-state index contributed by atoms with van der Waals surface area (Å²) >= 11 is 0. The number of hydrogen-bond donors (Lipinski definition) is 2. The smallest absolute Gasteiger partial charge is 0.338 e. The van der Waals surface area contributed by atoms with Gasteiger partial charge in [-0.1, -0.05) is 13.0 Å². The van der Waals surface area contributed by atoms with Gasteiger partial charge in [-0.2, -0.15) is 0 Å². The Morgan fingerprint density at radius 3 is 2.33 bits per heavy atom. The summed E-state index contributed by atoms with van der Waals surface area (Å²) in [7, 11) is 0. The van der Waals surface area contributed by atoms with Crippen LogP contribution in [0.15, 0.2) is 29.5 Å². The molecule has 1 aliphatic rings. The lowest BCUT2D eigenvalue weighted by atomic mass is 9.94. The van der Waals surface area contributed by atoms with Crippen LogP contribution in [0.25, 0.3) is 0 Å². The van der Waals surface area contributed by atoms with E-state index in [1.54, 1.807) is 36.9 Å². The van der Waals surface area contributed by atoms with Crippen molar-refractivity contribution < 1.29 is 28.6 Å². The molecule has 1 atom stereocenters. The lowest BCUT2D eigenvalue weighted by Gasteiger charge is -2.30. The molecule has 33 heavy (non-hydrogen) atoms. The first kappa shape index (κ1) is 26.0. The van der Waals surface area contributed by atoms with E-state index in [-0.39, 0.29) is 18.6 Å².